The summed E-state index contributed by atoms with van der Waals surface area (Å²) in [6.45, 7) is 7.74. The molecule has 8 heteroatoms. The third-order valence-electron chi connectivity index (χ3n) is 5.31. The molecule has 0 bridgehead atoms. The van der Waals surface area contributed by atoms with E-state index in [0.29, 0.717) is 16.3 Å². The quantitative estimate of drug-likeness (QED) is 0.457. The third-order valence-corrected chi connectivity index (χ3v) is 7.35. The number of halogens is 1. The lowest BCUT2D eigenvalue weighted by Crippen LogP contribution is -2.30. The minimum absolute atomic E-state index is 0.104. The Morgan fingerprint density at radius 2 is 1.75 bits per heavy atom. The van der Waals surface area contributed by atoms with Crippen LogP contribution in [0.5, 0.6) is 0 Å². The summed E-state index contributed by atoms with van der Waals surface area (Å²) >= 11 is 6.00. The van der Waals surface area contributed by atoms with Gasteiger partial charge in [-0.25, -0.2) is 13.2 Å². The largest absolute Gasteiger partial charge is 0.461 e. The molecule has 32 heavy (non-hydrogen) atoms. The number of ether oxygens (including phenoxy) is 1. The van der Waals surface area contributed by atoms with Gasteiger partial charge in [0.15, 0.2) is 0 Å². The number of nitrogens with zero attached hydrogens (tertiary/aromatic N) is 1. The van der Waals surface area contributed by atoms with E-state index in [-0.39, 0.29) is 24.6 Å². The molecule has 0 saturated carbocycles. The normalized spacial score (nSPS) is 11.7. The Balaban J connectivity index is 2.03. The Kier molecular flexibility index (Phi) is 7.44. The number of esters is 1. The number of H-pyrrole nitrogens is 1. The predicted molar refractivity (Wildman–Crippen MR) is 125 cm³/mol. The molecule has 0 radical (unpaired) electrons. The van der Waals surface area contributed by atoms with Gasteiger partial charge in [-0.3, -0.25) is 0 Å². The maximum absolute atomic E-state index is 13.6. The van der Waals surface area contributed by atoms with Crippen LogP contribution in [0.3, 0.4) is 0 Å². The second kappa shape index (κ2) is 9.90. The van der Waals surface area contributed by atoms with Crippen LogP contribution in [-0.4, -0.2) is 30.3 Å². The van der Waals surface area contributed by atoms with Gasteiger partial charge in [0.2, 0.25) is 10.0 Å². The van der Waals surface area contributed by atoms with Crippen LogP contribution in [-0.2, 0) is 27.8 Å². The van der Waals surface area contributed by atoms with Gasteiger partial charge in [-0.15, -0.1) is 0 Å². The first kappa shape index (κ1) is 24.0. The van der Waals surface area contributed by atoms with E-state index in [4.69, 9.17) is 16.3 Å². The number of aromatic amines is 1. The molecule has 0 atom stereocenters. The Hall–Kier alpha value is -2.61. The molecule has 6 nitrogen and oxygen atoms in total. The van der Waals surface area contributed by atoms with Crippen molar-refractivity contribution in [2.24, 2.45) is 0 Å². The Morgan fingerprint density at radius 3 is 2.38 bits per heavy atom. The van der Waals surface area contributed by atoms with Crippen molar-refractivity contribution in [3.8, 4) is 0 Å². The molecular formula is C24H27ClN2O4S. The molecule has 3 rings (SSSR count). The number of hydrogen-bond donors (Lipinski definition) is 1. The summed E-state index contributed by atoms with van der Waals surface area (Å²) in [4.78, 5) is 15.6. The van der Waals surface area contributed by atoms with Crippen molar-refractivity contribution in [3.05, 3.63) is 87.2 Å². The fraction of sp³-hybridized carbons (Fsp3) is 0.292. The lowest BCUT2D eigenvalue weighted by Gasteiger charge is -2.23. The maximum Gasteiger partial charge on any atom is 0.355 e. The molecule has 1 aromatic heterocycles. The van der Waals surface area contributed by atoms with Crippen molar-refractivity contribution in [1.82, 2.24) is 9.29 Å². The van der Waals surface area contributed by atoms with Gasteiger partial charge >= 0.3 is 5.97 Å². The number of carbonyl (C=O) groups is 1. The number of benzene rings is 2. The summed E-state index contributed by atoms with van der Waals surface area (Å²) < 4.78 is 33.8. The average Bonchev–Trinajstić information content (AvgIpc) is 3.03. The average molecular weight is 475 g/mol. The summed E-state index contributed by atoms with van der Waals surface area (Å²) in [5, 5.41) is 0.582. The molecule has 170 valence electrons. The maximum atomic E-state index is 13.6. The third kappa shape index (κ3) is 5.23. The fourth-order valence-corrected chi connectivity index (χ4v) is 5.18. The molecule has 1 N–H and O–H groups in total. The summed E-state index contributed by atoms with van der Waals surface area (Å²) in [6.07, 6.45) is 0. The number of hydrogen-bond acceptors (Lipinski definition) is 4. The molecule has 0 amide bonds. The van der Waals surface area contributed by atoms with Crippen molar-refractivity contribution < 1.29 is 17.9 Å². The van der Waals surface area contributed by atoms with E-state index in [9.17, 15) is 13.2 Å². The molecule has 0 aliphatic carbocycles. The van der Waals surface area contributed by atoms with Gasteiger partial charge in [-0.2, -0.15) is 4.31 Å². The number of aryl methyl sites for hydroxylation is 2. The van der Waals surface area contributed by atoms with Gasteiger partial charge in [-0.1, -0.05) is 35.9 Å². The molecule has 3 aromatic rings. The lowest BCUT2D eigenvalue weighted by atomic mass is 10.1. The number of sulfonamides is 1. The van der Waals surface area contributed by atoms with Crippen molar-refractivity contribution in [1.29, 1.82) is 0 Å². The van der Waals surface area contributed by atoms with E-state index in [0.717, 1.165) is 22.4 Å². The van der Waals surface area contributed by atoms with Crippen LogP contribution < -0.4 is 0 Å². The first-order chi connectivity index (χ1) is 15.1. The Morgan fingerprint density at radius 1 is 1.06 bits per heavy atom. The van der Waals surface area contributed by atoms with Gasteiger partial charge in [0.25, 0.3) is 0 Å². The molecule has 0 aliphatic heterocycles. The van der Waals surface area contributed by atoms with Crippen molar-refractivity contribution >= 4 is 27.6 Å². The zero-order valence-electron chi connectivity index (χ0n) is 18.6. The smallest absolute Gasteiger partial charge is 0.355 e. The van der Waals surface area contributed by atoms with Gasteiger partial charge in [0.1, 0.15) is 5.69 Å². The summed E-state index contributed by atoms with van der Waals surface area (Å²) in [5.41, 5.74) is 4.17. The fourth-order valence-electron chi connectivity index (χ4n) is 3.55. The van der Waals surface area contributed by atoms with Gasteiger partial charge in [-0.05, 0) is 74.2 Å². The second-order valence-electron chi connectivity index (χ2n) is 7.67. The molecule has 0 fully saturated rings. The molecule has 1 heterocycles. The minimum Gasteiger partial charge on any atom is -0.461 e. The van der Waals surface area contributed by atoms with Crippen LogP contribution in [0, 0.1) is 20.8 Å². The van der Waals surface area contributed by atoms with Crippen LogP contribution >= 0.6 is 11.6 Å². The van der Waals surface area contributed by atoms with Crippen molar-refractivity contribution in [2.75, 3.05) is 6.61 Å². The van der Waals surface area contributed by atoms with E-state index >= 15 is 0 Å². The Labute approximate surface area is 194 Å². The van der Waals surface area contributed by atoms with Crippen LogP contribution in [0.4, 0.5) is 0 Å². The zero-order valence-corrected chi connectivity index (χ0v) is 20.2. The number of rotatable bonds is 8. The molecule has 0 spiro atoms. The highest BCUT2D eigenvalue weighted by Gasteiger charge is 2.28. The minimum atomic E-state index is -3.81. The van der Waals surface area contributed by atoms with Crippen molar-refractivity contribution in [2.45, 2.75) is 45.7 Å². The molecule has 0 aliphatic rings. The van der Waals surface area contributed by atoms with Crippen molar-refractivity contribution in [3.63, 3.8) is 0 Å². The van der Waals surface area contributed by atoms with E-state index in [1.807, 2.05) is 32.0 Å². The van der Waals surface area contributed by atoms with Crippen LogP contribution in [0.1, 0.15) is 45.4 Å². The highest BCUT2D eigenvalue weighted by atomic mass is 35.5. The van der Waals surface area contributed by atoms with Crippen LogP contribution in [0.2, 0.25) is 5.02 Å². The van der Waals surface area contributed by atoms with E-state index in [1.165, 1.54) is 4.31 Å². The standard InChI is InChI=1S/C24H27ClN2O4S/c1-5-31-24(28)23-17(3)22(18(4)26-23)15-27(14-19-9-11-20(25)12-10-19)32(29,30)21-8-6-7-16(2)13-21/h6-13,26H,5,14-15H2,1-4H3. The summed E-state index contributed by atoms with van der Waals surface area (Å²) in [7, 11) is -3.81. The zero-order chi connectivity index (χ0) is 23.5. The number of nitrogens with one attached hydrogen (secondary N) is 1. The van der Waals surface area contributed by atoms with Gasteiger partial charge < -0.3 is 9.72 Å². The van der Waals surface area contributed by atoms with E-state index in [2.05, 4.69) is 4.98 Å². The monoisotopic (exact) mass is 474 g/mol. The highest BCUT2D eigenvalue weighted by molar-refractivity contribution is 7.89. The molecule has 0 saturated heterocycles. The van der Waals surface area contributed by atoms with E-state index in [1.54, 1.807) is 44.2 Å². The number of carbonyl (C=O) groups excluding carboxylic acids is 1. The SMILES string of the molecule is CCOC(=O)c1[nH]c(C)c(CN(Cc2ccc(Cl)cc2)S(=O)(=O)c2cccc(C)c2)c1C. The molecule has 0 unspecified atom stereocenters. The first-order valence-electron chi connectivity index (χ1n) is 10.3. The van der Waals surface area contributed by atoms with E-state index < -0.39 is 16.0 Å². The predicted octanol–water partition coefficient (Wildman–Crippen LogP) is 5.16. The summed E-state index contributed by atoms with van der Waals surface area (Å²) in [6, 6.07) is 13.9. The first-order valence-corrected chi connectivity index (χ1v) is 12.1. The molecular weight excluding hydrogens is 448 g/mol. The highest BCUT2D eigenvalue weighted by Crippen LogP contribution is 2.26. The Bertz CT molecular complexity index is 1220. The van der Waals surface area contributed by atoms with Crippen LogP contribution in [0.15, 0.2) is 53.4 Å². The number of aromatic nitrogens is 1. The second-order valence-corrected chi connectivity index (χ2v) is 10.0. The lowest BCUT2D eigenvalue weighted by molar-refractivity contribution is 0.0519. The summed E-state index contributed by atoms with van der Waals surface area (Å²) in [5.74, 6) is -0.454. The molecule has 2 aromatic carbocycles. The van der Waals surface area contributed by atoms with Gasteiger partial charge in [0.05, 0.1) is 11.5 Å². The van der Waals surface area contributed by atoms with Gasteiger partial charge in [0, 0.05) is 23.8 Å². The topological polar surface area (TPSA) is 79.5 Å². The van der Waals surface area contributed by atoms with Crippen LogP contribution in [0.25, 0.3) is 0 Å².